The summed E-state index contributed by atoms with van der Waals surface area (Å²) in [4.78, 5) is 22.8. The second-order valence-corrected chi connectivity index (χ2v) is 4.96. The van der Waals surface area contributed by atoms with Crippen LogP contribution in [0, 0.1) is 0 Å². The minimum Gasteiger partial charge on any atom is -0.454 e. The van der Waals surface area contributed by atoms with Gasteiger partial charge in [0.2, 0.25) is 18.6 Å². The fourth-order valence-electron chi connectivity index (χ4n) is 2.36. The summed E-state index contributed by atoms with van der Waals surface area (Å²) in [6, 6.07) is 5.61. The Balaban J connectivity index is 1.49. The Hall–Kier alpha value is -2.24. The number of rotatable bonds is 4. The van der Waals surface area contributed by atoms with Gasteiger partial charge in [-0.25, -0.2) is 0 Å². The lowest BCUT2D eigenvalue weighted by Gasteiger charge is -2.10. The van der Waals surface area contributed by atoms with Crippen LogP contribution in [-0.4, -0.2) is 31.2 Å². The van der Waals surface area contributed by atoms with Gasteiger partial charge in [-0.2, -0.15) is 0 Å². The van der Waals surface area contributed by atoms with E-state index in [2.05, 4.69) is 10.6 Å². The first-order valence-electron chi connectivity index (χ1n) is 6.65. The molecule has 0 saturated carbocycles. The van der Waals surface area contributed by atoms with Crippen LogP contribution < -0.4 is 20.1 Å². The van der Waals surface area contributed by atoms with Crippen LogP contribution in [0.5, 0.6) is 11.5 Å². The first kappa shape index (κ1) is 12.8. The van der Waals surface area contributed by atoms with Crippen molar-refractivity contribution in [1.82, 2.24) is 10.6 Å². The number of ether oxygens (including phenoxy) is 2. The molecule has 106 valence electrons. The minimum absolute atomic E-state index is 0.00827. The monoisotopic (exact) mass is 276 g/mol. The van der Waals surface area contributed by atoms with Crippen molar-refractivity contribution >= 4 is 11.8 Å². The zero-order valence-corrected chi connectivity index (χ0v) is 11.0. The van der Waals surface area contributed by atoms with E-state index in [4.69, 9.17) is 9.47 Å². The maximum Gasteiger partial charge on any atom is 0.231 e. The van der Waals surface area contributed by atoms with E-state index in [0.717, 1.165) is 17.1 Å². The van der Waals surface area contributed by atoms with Crippen molar-refractivity contribution in [2.75, 3.05) is 13.3 Å². The molecule has 1 fully saturated rings. The third-order valence-corrected chi connectivity index (χ3v) is 3.42. The van der Waals surface area contributed by atoms with Crippen molar-refractivity contribution in [1.29, 1.82) is 0 Å². The van der Waals surface area contributed by atoms with E-state index in [9.17, 15) is 9.59 Å². The predicted molar refractivity (Wildman–Crippen MR) is 70.4 cm³/mol. The molecule has 6 heteroatoms. The molecular weight excluding hydrogens is 260 g/mol. The van der Waals surface area contributed by atoms with Crippen LogP contribution in [0.25, 0.3) is 0 Å². The Morgan fingerprint density at radius 2 is 2.20 bits per heavy atom. The van der Waals surface area contributed by atoms with E-state index >= 15 is 0 Å². The first-order chi connectivity index (χ1) is 9.70. The molecular formula is C14H16N2O4. The summed E-state index contributed by atoms with van der Waals surface area (Å²) in [6.45, 7) is 0.774. The van der Waals surface area contributed by atoms with Crippen LogP contribution in [0.2, 0.25) is 0 Å². The van der Waals surface area contributed by atoms with Crippen molar-refractivity contribution in [2.45, 2.75) is 25.3 Å². The number of hydrogen-bond acceptors (Lipinski definition) is 4. The Morgan fingerprint density at radius 3 is 3.00 bits per heavy atom. The molecule has 0 aromatic heterocycles. The molecule has 20 heavy (non-hydrogen) atoms. The molecule has 0 bridgehead atoms. The van der Waals surface area contributed by atoms with Gasteiger partial charge in [0, 0.05) is 19.4 Å². The fraction of sp³-hybridized carbons (Fsp3) is 0.429. The molecule has 2 heterocycles. The van der Waals surface area contributed by atoms with Gasteiger partial charge in [0.1, 0.15) is 0 Å². The van der Waals surface area contributed by atoms with Crippen molar-refractivity contribution in [3.05, 3.63) is 23.8 Å². The van der Waals surface area contributed by atoms with Gasteiger partial charge in [-0.3, -0.25) is 9.59 Å². The Labute approximate surface area is 116 Å². The number of amides is 2. The standard InChI is InChI=1S/C14H16N2O4/c17-13(16-10-6-14(18)15-7-10)4-2-9-1-3-11-12(5-9)20-8-19-11/h1,3,5,10H,2,4,6-8H2,(H,15,18)(H,16,17). The van der Waals surface area contributed by atoms with Crippen molar-refractivity contribution < 1.29 is 19.1 Å². The summed E-state index contributed by atoms with van der Waals surface area (Å²) >= 11 is 0. The van der Waals surface area contributed by atoms with Gasteiger partial charge < -0.3 is 20.1 Å². The van der Waals surface area contributed by atoms with Crippen LogP contribution in [0.4, 0.5) is 0 Å². The number of carbonyl (C=O) groups is 2. The highest BCUT2D eigenvalue weighted by atomic mass is 16.7. The second kappa shape index (κ2) is 5.40. The van der Waals surface area contributed by atoms with Gasteiger partial charge in [-0.15, -0.1) is 0 Å². The number of hydrogen-bond donors (Lipinski definition) is 2. The highest BCUT2D eigenvalue weighted by molar-refractivity contribution is 5.82. The first-order valence-corrected chi connectivity index (χ1v) is 6.65. The van der Waals surface area contributed by atoms with Gasteiger partial charge >= 0.3 is 0 Å². The lowest BCUT2D eigenvalue weighted by Crippen LogP contribution is -2.36. The lowest BCUT2D eigenvalue weighted by molar-refractivity contribution is -0.121. The molecule has 0 radical (unpaired) electrons. The molecule has 1 aromatic carbocycles. The second-order valence-electron chi connectivity index (χ2n) is 4.96. The summed E-state index contributed by atoms with van der Waals surface area (Å²) in [5, 5.41) is 5.55. The quantitative estimate of drug-likeness (QED) is 0.832. The Morgan fingerprint density at radius 1 is 1.35 bits per heavy atom. The molecule has 0 spiro atoms. The molecule has 1 atom stereocenters. The SMILES string of the molecule is O=C1CC(NC(=O)CCc2ccc3c(c2)OCO3)CN1. The number of fused-ring (bicyclic) bond motifs is 1. The molecule has 1 aromatic rings. The van der Waals surface area contributed by atoms with Crippen LogP contribution in [0.15, 0.2) is 18.2 Å². The van der Waals surface area contributed by atoms with E-state index in [1.807, 2.05) is 18.2 Å². The van der Waals surface area contributed by atoms with E-state index in [-0.39, 0.29) is 24.6 Å². The average molecular weight is 276 g/mol. The summed E-state index contributed by atoms with van der Waals surface area (Å²) in [5.74, 6) is 1.43. The van der Waals surface area contributed by atoms with Crippen LogP contribution >= 0.6 is 0 Å². The van der Waals surface area contributed by atoms with Gasteiger partial charge in [0.25, 0.3) is 0 Å². The van der Waals surface area contributed by atoms with Gasteiger partial charge in [0.15, 0.2) is 11.5 Å². The Bertz CT molecular complexity index is 544. The number of carbonyl (C=O) groups excluding carboxylic acids is 2. The molecule has 6 nitrogen and oxygen atoms in total. The van der Waals surface area contributed by atoms with Crippen molar-refractivity contribution in [2.24, 2.45) is 0 Å². The smallest absolute Gasteiger partial charge is 0.231 e. The highest BCUT2D eigenvalue weighted by Crippen LogP contribution is 2.32. The van der Waals surface area contributed by atoms with Crippen LogP contribution in [0.3, 0.4) is 0 Å². The third kappa shape index (κ3) is 2.84. The van der Waals surface area contributed by atoms with E-state index in [1.54, 1.807) is 0 Å². The van der Waals surface area contributed by atoms with Gasteiger partial charge in [-0.05, 0) is 24.1 Å². The summed E-state index contributed by atoms with van der Waals surface area (Å²) in [6.07, 6.45) is 1.40. The zero-order chi connectivity index (χ0) is 13.9. The summed E-state index contributed by atoms with van der Waals surface area (Å²) in [7, 11) is 0. The van der Waals surface area contributed by atoms with Crippen LogP contribution in [-0.2, 0) is 16.0 Å². The summed E-state index contributed by atoms with van der Waals surface area (Å²) in [5.41, 5.74) is 1.03. The number of nitrogens with one attached hydrogen (secondary N) is 2. The van der Waals surface area contributed by atoms with E-state index < -0.39 is 0 Å². The molecule has 0 aliphatic carbocycles. The van der Waals surface area contributed by atoms with Crippen LogP contribution in [0.1, 0.15) is 18.4 Å². The normalized spacial score (nSPS) is 19.8. The lowest BCUT2D eigenvalue weighted by atomic mass is 10.1. The molecule has 3 rings (SSSR count). The maximum atomic E-state index is 11.8. The van der Waals surface area contributed by atoms with Crippen molar-refractivity contribution in [3.8, 4) is 11.5 Å². The largest absolute Gasteiger partial charge is 0.454 e. The van der Waals surface area contributed by atoms with Gasteiger partial charge in [0.05, 0.1) is 6.04 Å². The van der Waals surface area contributed by atoms with E-state index in [1.165, 1.54) is 0 Å². The van der Waals surface area contributed by atoms with Crippen molar-refractivity contribution in [3.63, 3.8) is 0 Å². The molecule has 1 saturated heterocycles. The minimum atomic E-state index is -0.0771. The number of benzene rings is 1. The predicted octanol–water partition coefficient (Wildman–Crippen LogP) is 0.353. The molecule has 2 aliphatic heterocycles. The third-order valence-electron chi connectivity index (χ3n) is 3.42. The Kier molecular flexibility index (Phi) is 3.45. The zero-order valence-electron chi connectivity index (χ0n) is 11.0. The highest BCUT2D eigenvalue weighted by Gasteiger charge is 2.22. The summed E-state index contributed by atoms with van der Waals surface area (Å²) < 4.78 is 10.5. The topological polar surface area (TPSA) is 76.7 Å². The van der Waals surface area contributed by atoms with E-state index in [0.29, 0.717) is 25.8 Å². The molecule has 1 unspecified atom stereocenters. The van der Waals surface area contributed by atoms with Gasteiger partial charge in [-0.1, -0.05) is 6.07 Å². The maximum absolute atomic E-state index is 11.8. The molecule has 2 amide bonds. The fourth-order valence-corrected chi connectivity index (χ4v) is 2.36. The number of aryl methyl sites for hydroxylation is 1. The molecule has 2 N–H and O–H groups in total. The molecule has 2 aliphatic rings. The average Bonchev–Trinajstić information content (AvgIpc) is 3.04.